The van der Waals surface area contributed by atoms with Gasteiger partial charge in [0, 0.05) is 24.4 Å². The van der Waals surface area contributed by atoms with E-state index in [0.29, 0.717) is 23.9 Å². The summed E-state index contributed by atoms with van der Waals surface area (Å²) >= 11 is 0. The van der Waals surface area contributed by atoms with Gasteiger partial charge in [-0.2, -0.15) is 0 Å². The van der Waals surface area contributed by atoms with Crippen molar-refractivity contribution in [1.82, 2.24) is 9.97 Å². The Labute approximate surface area is 127 Å². The summed E-state index contributed by atoms with van der Waals surface area (Å²) in [6.07, 6.45) is 5.34. The number of pyridine rings is 1. The third-order valence-corrected chi connectivity index (χ3v) is 2.93. The number of ether oxygens (including phenoxy) is 2. The smallest absolute Gasteiger partial charge is 0.360 e. The Morgan fingerprint density at radius 3 is 3.00 bits per heavy atom. The highest BCUT2D eigenvalue weighted by Gasteiger charge is 2.14. The molecule has 7 nitrogen and oxygen atoms in total. The number of aromatic nitrogens is 2. The molecule has 0 atom stereocenters. The first-order valence-electron chi connectivity index (χ1n) is 6.98. The van der Waals surface area contributed by atoms with Gasteiger partial charge in [0.1, 0.15) is 6.26 Å². The molecule has 2 aromatic rings. The summed E-state index contributed by atoms with van der Waals surface area (Å²) in [6.45, 7) is 0.718. The minimum Gasteiger partial charge on any atom is -0.478 e. The lowest BCUT2D eigenvalue weighted by atomic mass is 10.2. The van der Waals surface area contributed by atoms with E-state index >= 15 is 0 Å². The molecule has 0 unspecified atom stereocenters. The van der Waals surface area contributed by atoms with Crippen LogP contribution in [0.5, 0.6) is 5.88 Å². The molecular formula is C15H18N2O5. The maximum atomic E-state index is 11.4. The van der Waals surface area contributed by atoms with Gasteiger partial charge in [0.25, 0.3) is 0 Å². The van der Waals surface area contributed by atoms with E-state index < -0.39 is 5.97 Å². The summed E-state index contributed by atoms with van der Waals surface area (Å²) in [6, 6.07) is 3.41. The Morgan fingerprint density at radius 1 is 1.36 bits per heavy atom. The van der Waals surface area contributed by atoms with Crippen LogP contribution >= 0.6 is 0 Å². The summed E-state index contributed by atoms with van der Waals surface area (Å²) in [5.41, 5.74) is 0.774. The van der Waals surface area contributed by atoms with Gasteiger partial charge in [-0.1, -0.05) is 0 Å². The summed E-state index contributed by atoms with van der Waals surface area (Å²) in [5, 5.41) is 8.70. The van der Waals surface area contributed by atoms with Crippen LogP contribution in [-0.4, -0.2) is 41.4 Å². The van der Waals surface area contributed by atoms with Crippen molar-refractivity contribution in [3.05, 3.63) is 30.3 Å². The molecule has 0 amide bonds. The zero-order valence-corrected chi connectivity index (χ0v) is 12.3. The number of methoxy groups -OCH3 is 1. The van der Waals surface area contributed by atoms with Crippen LogP contribution in [0.15, 0.2) is 29.0 Å². The average molecular weight is 306 g/mol. The maximum absolute atomic E-state index is 11.4. The van der Waals surface area contributed by atoms with Crippen molar-refractivity contribution >= 4 is 5.97 Å². The molecule has 2 rings (SSSR count). The molecule has 22 heavy (non-hydrogen) atoms. The Morgan fingerprint density at radius 2 is 2.23 bits per heavy atom. The fourth-order valence-electron chi connectivity index (χ4n) is 1.79. The van der Waals surface area contributed by atoms with Crippen LogP contribution in [0.1, 0.15) is 29.8 Å². The largest absolute Gasteiger partial charge is 0.478 e. The van der Waals surface area contributed by atoms with Gasteiger partial charge >= 0.3 is 5.97 Å². The molecule has 2 aromatic heterocycles. The first kappa shape index (κ1) is 16.0. The van der Waals surface area contributed by atoms with Crippen molar-refractivity contribution in [1.29, 1.82) is 0 Å². The zero-order valence-electron chi connectivity index (χ0n) is 12.3. The van der Waals surface area contributed by atoms with E-state index in [9.17, 15) is 4.79 Å². The molecule has 0 saturated heterocycles. The predicted molar refractivity (Wildman–Crippen MR) is 77.5 cm³/mol. The van der Waals surface area contributed by atoms with E-state index in [0.717, 1.165) is 19.3 Å². The van der Waals surface area contributed by atoms with Gasteiger partial charge < -0.3 is 19.0 Å². The number of hydrogen-bond donors (Lipinski definition) is 1. The first-order valence-corrected chi connectivity index (χ1v) is 6.98. The topological polar surface area (TPSA) is 94.7 Å². The van der Waals surface area contributed by atoms with Gasteiger partial charge in [0.05, 0.1) is 13.7 Å². The van der Waals surface area contributed by atoms with Crippen LogP contribution < -0.4 is 4.74 Å². The van der Waals surface area contributed by atoms with Gasteiger partial charge in [0.15, 0.2) is 5.69 Å². The third kappa shape index (κ3) is 4.29. The number of aliphatic hydroxyl groups is 1. The molecule has 118 valence electrons. The van der Waals surface area contributed by atoms with Crippen LogP contribution in [0.25, 0.3) is 11.5 Å². The van der Waals surface area contributed by atoms with Crippen molar-refractivity contribution in [2.24, 2.45) is 0 Å². The number of carbonyl (C=O) groups is 1. The highest BCUT2D eigenvalue weighted by atomic mass is 16.5. The summed E-state index contributed by atoms with van der Waals surface area (Å²) in [5.74, 6) is 0.205. The van der Waals surface area contributed by atoms with Gasteiger partial charge in [-0.3, -0.25) is 0 Å². The second-order valence-corrected chi connectivity index (χ2v) is 4.54. The van der Waals surface area contributed by atoms with E-state index in [-0.39, 0.29) is 12.3 Å². The number of rotatable bonds is 8. The van der Waals surface area contributed by atoms with Crippen molar-refractivity contribution in [2.45, 2.75) is 19.3 Å². The number of carbonyl (C=O) groups excluding carboxylic acids is 1. The lowest BCUT2D eigenvalue weighted by Crippen LogP contribution is -2.01. The molecule has 1 N–H and O–H groups in total. The number of hydrogen-bond acceptors (Lipinski definition) is 7. The SMILES string of the molecule is COC(=O)c1coc(-c2ccnc(OCCCCCO)c2)n1. The standard InChI is InChI=1S/C15H18N2O5/c1-20-15(19)12-10-22-14(17-12)11-5-6-16-13(9-11)21-8-4-2-3-7-18/h5-6,9-10,18H,2-4,7-8H2,1H3. The molecule has 0 spiro atoms. The molecular weight excluding hydrogens is 288 g/mol. The second kappa shape index (κ2) is 8.14. The van der Waals surface area contributed by atoms with E-state index in [1.807, 2.05) is 0 Å². The van der Waals surface area contributed by atoms with Gasteiger partial charge in [0.2, 0.25) is 11.8 Å². The molecule has 0 bridgehead atoms. The van der Waals surface area contributed by atoms with Crippen LogP contribution in [-0.2, 0) is 4.74 Å². The number of aliphatic hydroxyl groups excluding tert-OH is 1. The summed E-state index contributed by atoms with van der Waals surface area (Å²) in [4.78, 5) is 19.5. The normalized spacial score (nSPS) is 10.5. The Hall–Kier alpha value is -2.41. The van der Waals surface area contributed by atoms with E-state index in [2.05, 4.69) is 14.7 Å². The lowest BCUT2D eigenvalue weighted by molar-refractivity contribution is 0.0594. The fourth-order valence-corrected chi connectivity index (χ4v) is 1.79. The molecule has 0 aliphatic rings. The molecule has 0 fully saturated rings. The molecule has 7 heteroatoms. The second-order valence-electron chi connectivity index (χ2n) is 4.54. The predicted octanol–water partition coefficient (Wildman–Crippen LogP) is 2.06. The molecule has 0 radical (unpaired) electrons. The zero-order chi connectivity index (χ0) is 15.8. The number of unbranched alkanes of at least 4 members (excludes halogenated alkanes) is 2. The highest BCUT2D eigenvalue weighted by molar-refractivity contribution is 5.87. The van der Waals surface area contributed by atoms with Crippen LogP contribution in [0.4, 0.5) is 0 Å². The summed E-state index contributed by atoms with van der Waals surface area (Å²) < 4.78 is 15.4. The van der Waals surface area contributed by atoms with Crippen molar-refractivity contribution in [3.8, 4) is 17.3 Å². The van der Waals surface area contributed by atoms with Gasteiger partial charge in [-0.25, -0.2) is 14.8 Å². The Bertz CT molecular complexity index is 611. The molecule has 0 saturated carbocycles. The van der Waals surface area contributed by atoms with Crippen LogP contribution in [0.2, 0.25) is 0 Å². The third-order valence-electron chi connectivity index (χ3n) is 2.93. The highest BCUT2D eigenvalue weighted by Crippen LogP contribution is 2.22. The monoisotopic (exact) mass is 306 g/mol. The maximum Gasteiger partial charge on any atom is 0.360 e. The van der Waals surface area contributed by atoms with Crippen molar-refractivity contribution in [2.75, 3.05) is 20.3 Å². The average Bonchev–Trinajstić information content (AvgIpc) is 3.04. The quantitative estimate of drug-likeness (QED) is 0.589. The minimum atomic E-state index is -0.551. The van der Waals surface area contributed by atoms with E-state index in [4.69, 9.17) is 14.3 Å². The first-order chi connectivity index (χ1) is 10.7. The summed E-state index contributed by atoms with van der Waals surface area (Å²) in [7, 11) is 1.28. The number of nitrogens with zero attached hydrogens (tertiary/aromatic N) is 2. The van der Waals surface area contributed by atoms with Crippen molar-refractivity contribution in [3.63, 3.8) is 0 Å². The molecule has 0 aromatic carbocycles. The molecule has 0 aliphatic carbocycles. The van der Waals surface area contributed by atoms with Crippen LogP contribution in [0.3, 0.4) is 0 Å². The van der Waals surface area contributed by atoms with Crippen molar-refractivity contribution < 1.29 is 23.8 Å². The number of esters is 1. The Kier molecular flexibility index (Phi) is 5.91. The van der Waals surface area contributed by atoms with Gasteiger partial charge in [-0.05, 0) is 25.3 Å². The van der Waals surface area contributed by atoms with E-state index in [1.54, 1.807) is 18.3 Å². The fraction of sp³-hybridized carbons (Fsp3) is 0.400. The van der Waals surface area contributed by atoms with E-state index in [1.165, 1.54) is 13.4 Å². The number of oxazole rings is 1. The molecule has 2 heterocycles. The van der Waals surface area contributed by atoms with Gasteiger partial charge in [-0.15, -0.1) is 0 Å². The lowest BCUT2D eigenvalue weighted by Gasteiger charge is -2.05. The minimum absolute atomic E-state index is 0.112. The molecule has 0 aliphatic heterocycles. The van der Waals surface area contributed by atoms with Crippen LogP contribution in [0, 0.1) is 0 Å². The Balaban J connectivity index is 1.99.